The molecular weight excluding hydrogens is 399 g/mol. The highest BCUT2D eigenvalue weighted by molar-refractivity contribution is 7.85. The van der Waals surface area contributed by atoms with Gasteiger partial charge in [0.25, 0.3) is 10.1 Å². The Labute approximate surface area is 150 Å². The number of hydrogen-bond acceptors (Lipinski definition) is 6. The first-order valence-corrected chi connectivity index (χ1v) is 9.34. The molecule has 24 heavy (non-hydrogen) atoms. The zero-order valence-electron chi connectivity index (χ0n) is 12.1. The molecule has 0 aromatic heterocycles. The van der Waals surface area contributed by atoms with E-state index in [2.05, 4.69) is 4.36 Å². The van der Waals surface area contributed by atoms with E-state index in [1.54, 1.807) is 25.1 Å². The molecule has 0 amide bonds. The van der Waals surface area contributed by atoms with E-state index in [9.17, 15) is 16.8 Å². The standard InChI is InChI=1S/C7H7NO5S2.C6H5Cl2N/c1-5-2-3-6(15(11,12)13)4-7(5)8-14(9)10;7-4-2-1-3-5(8)6(4)9/h2-4H,1H3,(H,11,12,13);1-3H,9H2. The fourth-order valence-electron chi connectivity index (χ4n) is 1.44. The van der Waals surface area contributed by atoms with Crippen molar-refractivity contribution in [3.63, 3.8) is 0 Å². The van der Waals surface area contributed by atoms with E-state index >= 15 is 0 Å². The van der Waals surface area contributed by atoms with Crippen LogP contribution in [0.25, 0.3) is 0 Å². The molecule has 7 nitrogen and oxygen atoms in total. The zero-order valence-corrected chi connectivity index (χ0v) is 15.3. The third-order valence-corrected chi connectivity index (χ3v) is 4.51. The number of nitrogen functional groups attached to an aromatic ring is 1. The molecule has 0 aliphatic carbocycles. The summed E-state index contributed by atoms with van der Waals surface area (Å²) in [5, 5.41) is 1.00. The molecule has 0 aliphatic rings. The first-order chi connectivity index (χ1) is 11.0. The second-order valence-corrected chi connectivity index (χ2v) is 7.22. The predicted octanol–water partition coefficient (Wildman–Crippen LogP) is 3.51. The lowest BCUT2D eigenvalue weighted by molar-refractivity contribution is 0.483. The average molecular weight is 411 g/mol. The number of nitrogens with zero attached hydrogens (tertiary/aromatic N) is 1. The Bertz CT molecular complexity index is 961. The minimum atomic E-state index is -4.34. The molecule has 0 radical (unpaired) electrons. The van der Waals surface area contributed by atoms with Crippen molar-refractivity contribution >= 4 is 55.2 Å². The summed E-state index contributed by atoms with van der Waals surface area (Å²) in [5.41, 5.74) is 6.34. The van der Waals surface area contributed by atoms with E-state index in [0.29, 0.717) is 21.3 Å². The first-order valence-electron chi connectivity index (χ1n) is 6.11. The van der Waals surface area contributed by atoms with Gasteiger partial charge in [-0.2, -0.15) is 16.8 Å². The Morgan fingerprint density at radius 2 is 1.67 bits per heavy atom. The Morgan fingerprint density at radius 1 is 1.12 bits per heavy atom. The third-order valence-electron chi connectivity index (χ3n) is 2.65. The van der Waals surface area contributed by atoms with Crippen LogP contribution in [0.3, 0.4) is 0 Å². The molecule has 0 fully saturated rings. The molecule has 2 aromatic rings. The molecule has 0 bridgehead atoms. The summed E-state index contributed by atoms with van der Waals surface area (Å²) in [4.78, 5) is -0.391. The molecule has 0 aliphatic heterocycles. The van der Waals surface area contributed by atoms with Gasteiger partial charge in [0.15, 0.2) is 0 Å². The lowest BCUT2D eigenvalue weighted by Gasteiger charge is -2.00. The van der Waals surface area contributed by atoms with Gasteiger partial charge in [0, 0.05) is 0 Å². The molecule has 2 rings (SSSR count). The number of halogens is 2. The van der Waals surface area contributed by atoms with Crippen LogP contribution in [-0.4, -0.2) is 21.4 Å². The summed E-state index contributed by atoms with van der Waals surface area (Å²) in [5.74, 6) is 0. The van der Waals surface area contributed by atoms with Crippen molar-refractivity contribution in [2.24, 2.45) is 4.36 Å². The molecule has 0 spiro atoms. The van der Waals surface area contributed by atoms with Crippen molar-refractivity contribution in [2.75, 3.05) is 5.73 Å². The number of aryl methyl sites for hydroxylation is 1. The van der Waals surface area contributed by atoms with Gasteiger partial charge in [-0.05, 0) is 36.8 Å². The monoisotopic (exact) mass is 410 g/mol. The van der Waals surface area contributed by atoms with E-state index in [0.717, 1.165) is 12.1 Å². The summed E-state index contributed by atoms with van der Waals surface area (Å²) >= 11 is 11.2. The zero-order chi connectivity index (χ0) is 18.5. The van der Waals surface area contributed by atoms with Crippen LogP contribution in [-0.2, 0) is 20.6 Å². The van der Waals surface area contributed by atoms with E-state index in [1.807, 2.05) is 0 Å². The molecule has 130 valence electrons. The second-order valence-electron chi connectivity index (χ2n) is 4.37. The number of rotatable bonds is 2. The highest BCUT2D eigenvalue weighted by Gasteiger charge is 2.11. The summed E-state index contributed by atoms with van der Waals surface area (Å²) in [6.07, 6.45) is 0. The molecule has 0 unspecified atom stereocenters. The van der Waals surface area contributed by atoms with Crippen LogP contribution >= 0.6 is 23.2 Å². The number of benzene rings is 2. The van der Waals surface area contributed by atoms with Crippen molar-refractivity contribution in [2.45, 2.75) is 11.8 Å². The van der Waals surface area contributed by atoms with Crippen LogP contribution in [0.1, 0.15) is 5.56 Å². The Balaban J connectivity index is 0.000000272. The maximum Gasteiger partial charge on any atom is 0.316 e. The van der Waals surface area contributed by atoms with Gasteiger partial charge >= 0.3 is 10.5 Å². The van der Waals surface area contributed by atoms with Crippen LogP contribution in [0.15, 0.2) is 45.7 Å². The van der Waals surface area contributed by atoms with Gasteiger partial charge in [-0.15, -0.1) is 4.36 Å². The SMILES string of the molecule is Cc1ccc(S(=O)(=O)O)cc1N=S(=O)=O.Nc1c(Cl)cccc1Cl. The van der Waals surface area contributed by atoms with Crippen LogP contribution in [0.2, 0.25) is 10.0 Å². The van der Waals surface area contributed by atoms with Gasteiger partial charge in [0.1, 0.15) is 0 Å². The minimum Gasteiger partial charge on any atom is -0.396 e. The topological polar surface area (TPSA) is 127 Å². The lowest BCUT2D eigenvalue weighted by Crippen LogP contribution is -1.97. The van der Waals surface area contributed by atoms with Crippen LogP contribution < -0.4 is 5.73 Å². The summed E-state index contributed by atoms with van der Waals surface area (Å²) in [7, 11) is -7.00. The largest absolute Gasteiger partial charge is 0.396 e. The summed E-state index contributed by atoms with van der Waals surface area (Å²) in [6, 6.07) is 8.65. The smallest absolute Gasteiger partial charge is 0.316 e. The van der Waals surface area contributed by atoms with Crippen molar-refractivity contribution in [1.29, 1.82) is 0 Å². The van der Waals surface area contributed by atoms with E-state index < -0.39 is 25.5 Å². The van der Waals surface area contributed by atoms with Gasteiger partial charge in [0.05, 0.1) is 26.3 Å². The van der Waals surface area contributed by atoms with Gasteiger partial charge in [-0.1, -0.05) is 35.3 Å². The summed E-state index contributed by atoms with van der Waals surface area (Å²) < 4.78 is 54.0. The van der Waals surface area contributed by atoms with Gasteiger partial charge in [-0.25, -0.2) is 0 Å². The molecule has 11 heteroatoms. The van der Waals surface area contributed by atoms with E-state index in [1.165, 1.54) is 6.07 Å². The highest BCUT2D eigenvalue weighted by atomic mass is 35.5. The van der Waals surface area contributed by atoms with Crippen LogP contribution in [0.5, 0.6) is 0 Å². The Kier molecular flexibility index (Phi) is 7.18. The van der Waals surface area contributed by atoms with Crippen LogP contribution in [0.4, 0.5) is 11.4 Å². The molecular formula is C13H12Cl2N2O5S2. The predicted molar refractivity (Wildman–Crippen MR) is 92.9 cm³/mol. The average Bonchev–Trinajstić information content (AvgIpc) is 2.46. The lowest BCUT2D eigenvalue weighted by atomic mass is 10.2. The third kappa shape index (κ3) is 6.10. The maximum atomic E-state index is 10.7. The second kappa shape index (κ2) is 8.45. The Morgan fingerprint density at radius 3 is 2.08 bits per heavy atom. The van der Waals surface area contributed by atoms with Gasteiger partial charge in [-0.3, -0.25) is 4.55 Å². The number of nitrogens with two attached hydrogens (primary N) is 1. The van der Waals surface area contributed by atoms with E-state index in [4.69, 9.17) is 33.5 Å². The van der Waals surface area contributed by atoms with Crippen molar-refractivity contribution in [1.82, 2.24) is 0 Å². The van der Waals surface area contributed by atoms with Crippen molar-refractivity contribution < 1.29 is 21.4 Å². The number of hydrogen-bond donors (Lipinski definition) is 2. The molecule has 0 saturated carbocycles. The van der Waals surface area contributed by atoms with Crippen LogP contribution in [0, 0.1) is 6.92 Å². The fourth-order valence-corrected chi connectivity index (χ4v) is 2.69. The Hall–Kier alpha value is -1.65. The van der Waals surface area contributed by atoms with E-state index in [-0.39, 0.29) is 5.69 Å². The molecule has 0 atom stereocenters. The molecule has 0 saturated heterocycles. The number of para-hydroxylation sites is 1. The molecule has 0 heterocycles. The normalized spacial score (nSPS) is 10.5. The fraction of sp³-hybridized carbons (Fsp3) is 0.0769. The van der Waals surface area contributed by atoms with Crippen molar-refractivity contribution in [3.8, 4) is 0 Å². The molecule has 2 aromatic carbocycles. The first kappa shape index (κ1) is 20.4. The molecule has 3 N–H and O–H groups in total. The van der Waals surface area contributed by atoms with Crippen molar-refractivity contribution in [3.05, 3.63) is 52.0 Å². The number of anilines is 1. The van der Waals surface area contributed by atoms with Gasteiger partial charge in [0.2, 0.25) is 0 Å². The highest BCUT2D eigenvalue weighted by Crippen LogP contribution is 2.25. The maximum absolute atomic E-state index is 10.7. The quantitative estimate of drug-likeness (QED) is 0.575. The van der Waals surface area contributed by atoms with Gasteiger partial charge < -0.3 is 5.73 Å². The summed E-state index contributed by atoms with van der Waals surface area (Å²) in [6.45, 7) is 1.57. The minimum absolute atomic E-state index is 0.0153.